The molecule has 0 amide bonds. The molecule has 1 N–H and O–H groups in total. The first-order valence-corrected chi connectivity index (χ1v) is 3.08. The molecule has 0 aromatic rings. The minimum atomic E-state index is -0.487. The van der Waals surface area contributed by atoms with Gasteiger partial charge in [0.15, 0.2) is 6.29 Å². The standard InChI is InChI=1S/C6H12O2/c1-5-2-3-8-6(7)4-5/h5-7H,2-4H2,1H3/t5-,6-/m0/s1. The molecular formula is C6H12O2. The fraction of sp³-hybridized carbons (Fsp3) is 1.00. The SMILES string of the molecule is C[C@H]1CCO[C@H](O)C1. The summed E-state index contributed by atoms with van der Waals surface area (Å²) < 4.78 is 4.90. The highest BCUT2D eigenvalue weighted by atomic mass is 16.6. The molecule has 2 atom stereocenters. The summed E-state index contributed by atoms with van der Waals surface area (Å²) in [5.41, 5.74) is 0. The molecule has 0 saturated carbocycles. The Labute approximate surface area is 49.5 Å². The van der Waals surface area contributed by atoms with Crippen molar-refractivity contribution in [1.82, 2.24) is 0 Å². The largest absolute Gasteiger partial charge is 0.368 e. The monoisotopic (exact) mass is 116 g/mol. The zero-order chi connectivity index (χ0) is 5.98. The van der Waals surface area contributed by atoms with Gasteiger partial charge in [0.05, 0.1) is 0 Å². The third kappa shape index (κ3) is 1.46. The van der Waals surface area contributed by atoms with E-state index in [1.165, 1.54) is 0 Å². The van der Waals surface area contributed by atoms with Crippen molar-refractivity contribution in [3.05, 3.63) is 0 Å². The maximum absolute atomic E-state index is 8.86. The number of hydrogen-bond donors (Lipinski definition) is 1. The van der Waals surface area contributed by atoms with Crippen molar-refractivity contribution in [3.63, 3.8) is 0 Å². The second kappa shape index (κ2) is 2.46. The summed E-state index contributed by atoms with van der Waals surface area (Å²) in [5, 5.41) is 8.86. The maximum Gasteiger partial charge on any atom is 0.154 e. The molecule has 1 aliphatic rings. The molecule has 0 aromatic heterocycles. The second-order valence-corrected chi connectivity index (χ2v) is 2.45. The van der Waals surface area contributed by atoms with Crippen LogP contribution < -0.4 is 0 Å². The Morgan fingerprint density at radius 1 is 1.62 bits per heavy atom. The number of ether oxygens (including phenoxy) is 1. The summed E-state index contributed by atoms with van der Waals surface area (Å²) in [5.74, 6) is 0.638. The summed E-state index contributed by atoms with van der Waals surface area (Å²) in [6, 6.07) is 0. The van der Waals surface area contributed by atoms with E-state index in [0.717, 1.165) is 19.4 Å². The van der Waals surface area contributed by atoms with Crippen molar-refractivity contribution < 1.29 is 9.84 Å². The predicted molar refractivity (Wildman–Crippen MR) is 30.4 cm³/mol. The zero-order valence-corrected chi connectivity index (χ0v) is 5.13. The van der Waals surface area contributed by atoms with E-state index in [1.807, 2.05) is 0 Å². The van der Waals surface area contributed by atoms with Gasteiger partial charge in [-0.1, -0.05) is 6.92 Å². The number of rotatable bonds is 0. The second-order valence-electron chi connectivity index (χ2n) is 2.45. The first-order valence-electron chi connectivity index (χ1n) is 3.08. The Morgan fingerprint density at radius 3 is 2.75 bits per heavy atom. The number of aliphatic hydroxyl groups is 1. The van der Waals surface area contributed by atoms with Crippen molar-refractivity contribution in [2.75, 3.05) is 6.61 Å². The van der Waals surface area contributed by atoms with Gasteiger partial charge in [-0.05, 0) is 12.3 Å². The molecular weight excluding hydrogens is 104 g/mol. The van der Waals surface area contributed by atoms with Crippen LogP contribution in [0.5, 0.6) is 0 Å². The highest BCUT2D eigenvalue weighted by Crippen LogP contribution is 2.16. The van der Waals surface area contributed by atoms with E-state index >= 15 is 0 Å². The molecule has 48 valence electrons. The lowest BCUT2D eigenvalue weighted by Gasteiger charge is -2.22. The summed E-state index contributed by atoms with van der Waals surface area (Å²) in [7, 11) is 0. The highest BCUT2D eigenvalue weighted by molar-refractivity contribution is 4.59. The van der Waals surface area contributed by atoms with Gasteiger partial charge in [0.1, 0.15) is 0 Å². The third-order valence-electron chi connectivity index (χ3n) is 1.52. The molecule has 8 heavy (non-hydrogen) atoms. The zero-order valence-electron chi connectivity index (χ0n) is 5.13. The molecule has 0 radical (unpaired) electrons. The fourth-order valence-electron chi connectivity index (χ4n) is 0.935. The van der Waals surface area contributed by atoms with E-state index < -0.39 is 6.29 Å². The number of aliphatic hydroxyl groups excluding tert-OH is 1. The Hall–Kier alpha value is -0.0800. The molecule has 1 heterocycles. The van der Waals surface area contributed by atoms with E-state index in [2.05, 4.69) is 6.92 Å². The lowest BCUT2D eigenvalue weighted by molar-refractivity contribution is -0.136. The van der Waals surface area contributed by atoms with Crippen molar-refractivity contribution in [2.24, 2.45) is 5.92 Å². The first-order chi connectivity index (χ1) is 3.79. The third-order valence-corrected chi connectivity index (χ3v) is 1.52. The van der Waals surface area contributed by atoms with Gasteiger partial charge in [0.2, 0.25) is 0 Å². The molecule has 1 rings (SSSR count). The van der Waals surface area contributed by atoms with Gasteiger partial charge in [-0.25, -0.2) is 0 Å². The first kappa shape index (κ1) is 6.05. The van der Waals surface area contributed by atoms with Crippen LogP contribution in [0, 0.1) is 5.92 Å². The van der Waals surface area contributed by atoms with Crippen LogP contribution >= 0.6 is 0 Å². The van der Waals surface area contributed by atoms with Crippen LogP contribution in [0.25, 0.3) is 0 Å². The Balaban J connectivity index is 2.23. The van der Waals surface area contributed by atoms with E-state index in [9.17, 15) is 0 Å². The lowest BCUT2D eigenvalue weighted by atomic mass is 10.0. The van der Waals surface area contributed by atoms with Gasteiger partial charge in [-0.2, -0.15) is 0 Å². The van der Waals surface area contributed by atoms with Crippen LogP contribution in [0.2, 0.25) is 0 Å². The molecule has 0 aromatic carbocycles. The van der Waals surface area contributed by atoms with Crippen LogP contribution in [-0.4, -0.2) is 18.0 Å². The van der Waals surface area contributed by atoms with Gasteiger partial charge in [0.25, 0.3) is 0 Å². The van der Waals surface area contributed by atoms with Crippen LogP contribution in [0.3, 0.4) is 0 Å². The minimum Gasteiger partial charge on any atom is -0.368 e. The molecule has 0 unspecified atom stereocenters. The lowest BCUT2D eigenvalue weighted by Crippen LogP contribution is -2.23. The van der Waals surface area contributed by atoms with Crippen LogP contribution in [0.15, 0.2) is 0 Å². The normalized spacial score (nSPS) is 39.8. The quantitative estimate of drug-likeness (QED) is 0.506. The summed E-state index contributed by atoms with van der Waals surface area (Å²) >= 11 is 0. The van der Waals surface area contributed by atoms with Gasteiger partial charge in [-0.15, -0.1) is 0 Å². The highest BCUT2D eigenvalue weighted by Gasteiger charge is 2.15. The van der Waals surface area contributed by atoms with Crippen molar-refractivity contribution in [1.29, 1.82) is 0 Å². The van der Waals surface area contributed by atoms with Crippen LogP contribution in [0.4, 0.5) is 0 Å². The van der Waals surface area contributed by atoms with E-state index in [4.69, 9.17) is 9.84 Å². The number of hydrogen-bond acceptors (Lipinski definition) is 2. The Bertz CT molecular complexity index is 64.9. The molecule has 1 saturated heterocycles. The van der Waals surface area contributed by atoms with E-state index in [0.29, 0.717) is 5.92 Å². The minimum absolute atomic E-state index is 0.487. The van der Waals surface area contributed by atoms with Gasteiger partial charge >= 0.3 is 0 Å². The van der Waals surface area contributed by atoms with Gasteiger partial charge in [0, 0.05) is 13.0 Å². The summed E-state index contributed by atoms with van der Waals surface area (Å²) in [4.78, 5) is 0. The summed E-state index contributed by atoms with van der Waals surface area (Å²) in [6.07, 6.45) is 1.41. The average molecular weight is 116 g/mol. The summed E-state index contributed by atoms with van der Waals surface area (Å²) in [6.45, 7) is 2.86. The molecule has 0 bridgehead atoms. The molecule has 2 heteroatoms. The molecule has 1 aliphatic heterocycles. The molecule has 0 aliphatic carbocycles. The van der Waals surface area contributed by atoms with Crippen LogP contribution in [0.1, 0.15) is 19.8 Å². The maximum atomic E-state index is 8.86. The fourth-order valence-corrected chi connectivity index (χ4v) is 0.935. The van der Waals surface area contributed by atoms with Gasteiger partial charge in [-0.3, -0.25) is 0 Å². The average Bonchev–Trinajstić information content (AvgIpc) is 1.64. The molecule has 1 fully saturated rings. The predicted octanol–water partition coefficient (Wildman–Crippen LogP) is 0.751. The van der Waals surface area contributed by atoms with E-state index in [-0.39, 0.29) is 0 Å². The van der Waals surface area contributed by atoms with Gasteiger partial charge < -0.3 is 9.84 Å². The van der Waals surface area contributed by atoms with Crippen molar-refractivity contribution in [3.8, 4) is 0 Å². The van der Waals surface area contributed by atoms with Crippen molar-refractivity contribution >= 4 is 0 Å². The molecule has 2 nitrogen and oxygen atoms in total. The smallest absolute Gasteiger partial charge is 0.154 e. The topological polar surface area (TPSA) is 29.5 Å². The molecule has 0 spiro atoms. The Kier molecular flexibility index (Phi) is 1.86. The Morgan fingerprint density at radius 2 is 2.38 bits per heavy atom. The van der Waals surface area contributed by atoms with Crippen molar-refractivity contribution in [2.45, 2.75) is 26.1 Å². The van der Waals surface area contributed by atoms with E-state index in [1.54, 1.807) is 0 Å². The van der Waals surface area contributed by atoms with Crippen LogP contribution in [-0.2, 0) is 4.74 Å².